The Balaban J connectivity index is 0. The van der Waals surface area contributed by atoms with Gasteiger partial charge in [-0.3, -0.25) is 0 Å². The van der Waals surface area contributed by atoms with E-state index in [1.165, 1.54) is 127 Å². The van der Waals surface area contributed by atoms with Crippen LogP contribution in [0.15, 0.2) is 0 Å². The first-order valence-corrected chi connectivity index (χ1v) is 12.2. The Hall–Kier alpha value is 0.600. The van der Waals surface area contributed by atoms with Crippen molar-refractivity contribution in [3.63, 3.8) is 0 Å². The Bertz CT molecular complexity index is 259. The number of nitrogens with zero attached hydrogens (tertiary/aromatic N) is 1. The monoisotopic (exact) mass is 407 g/mol. The topological polar surface area (TPSA) is 0 Å². The van der Waals surface area contributed by atoms with Crippen LogP contribution < -0.4 is 12.4 Å². The van der Waals surface area contributed by atoms with Crippen LogP contribution in [0.3, 0.4) is 0 Å². The molecule has 0 aromatic carbocycles. The quantitative estimate of drug-likeness (QED) is 0.169. The van der Waals surface area contributed by atoms with Gasteiger partial charge in [-0.15, -0.1) is 0 Å². The fourth-order valence-corrected chi connectivity index (χ4v) is 3.90. The lowest BCUT2D eigenvalue weighted by Gasteiger charge is -2.30. The molecule has 0 heterocycles. The van der Waals surface area contributed by atoms with Crippen molar-refractivity contribution in [1.29, 1.82) is 0 Å². The van der Waals surface area contributed by atoms with Gasteiger partial charge >= 0.3 is 0 Å². The number of rotatable bonds is 20. The standard InChI is InChI=1S/C23H49NS.ClH/c1-4-5-6-7-8-12-15-18-21-24(2,3)22-19-16-13-10-9-11-14-17-20-23-25;/h4-23H2,1-3H3;1H. The van der Waals surface area contributed by atoms with Crippen LogP contribution in [0.25, 0.3) is 0 Å². The van der Waals surface area contributed by atoms with Gasteiger partial charge in [0.05, 0.1) is 27.2 Å². The first kappa shape index (κ1) is 28.8. The minimum absolute atomic E-state index is 0. The Morgan fingerprint density at radius 3 is 1.15 bits per heavy atom. The van der Waals surface area contributed by atoms with Crippen LogP contribution in [0.4, 0.5) is 0 Å². The minimum Gasteiger partial charge on any atom is -1.00 e. The summed E-state index contributed by atoms with van der Waals surface area (Å²) in [5, 5.41) is 0. The normalized spacial score (nSPS) is 11.5. The van der Waals surface area contributed by atoms with Gasteiger partial charge in [0.2, 0.25) is 0 Å². The highest BCUT2D eigenvalue weighted by Gasteiger charge is 2.13. The van der Waals surface area contributed by atoms with Crippen molar-refractivity contribution in [2.45, 2.75) is 116 Å². The second-order valence-electron chi connectivity index (χ2n) is 8.76. The maximum absolute atomic E-state index is 4.27. The summed E-state index contributed by atoms with van der Waals surface area (Å²) in [6.45, 7) is 5.05. The van der Waals surface area contributed by atoms with Crippen molar-refractivity contribution in [3.8, 4) is 0 Å². The first-order chi connectivity index (χ1) is 12.1. The lowest BCUT2D eigenvalue weighted by Crippen LogP contribution is -3.00. The van der Waals surface area contributed by atoms with Gasteiger partial charge in [-0.25, -0.2) is 0 Å². The van der Waals surface area contributed by atoms with E-state index in [0.717, 1.165) is 5.75 Å². The van der Waals surface area contributed by atoms with E-state index in [9.17, 15) is 0 Å². The molecule has 0 fully saturated rings. The number of thiol groups is 1. The molecule has 0 N–H and O–H groups in total. The lowest BCUT2D eigenvalue weighted by atomic mass is 10.1. The average molecular weight is 408 g/mol. The van der Waals surface area contributed by atoms with Crippen LogP contribution in [0, 0.1) is 0 Å². The Kier molecular flexibility index (Phi) is 24.3. The third kappa shape index (κ3) is 22.6. The van der Waals surface area contributed by atoms with Gasteiger partial charge in [-0.2, -0.15) is 12.6 Å². The van der Waals surface area contributed by atoms with Crippen molar-refractivity contribution in [3.05, 3.63) is 0 Å². The zero-order valence-electron chi connectivity index (χ0n) is 18.4. The Labute approximate surface area is 178 Å². The predicted octanol–water partition coefficient (Wildman–Crippen LogP) is 4.65. The van der Waals surface area contributed by atoms with Crippen molar-refractivity contribution in [2.24, 2.45) is 0 Å². The molecule has 0 unspecified atom stereocenters. The second kappa shape index (κ2) is 21.9. The van der Waals surface area contributed by atoms with E-state index in [0.29, 0.717) is 0 Å². The van der Waals surface area contributed by atoms with E-state index >= 15 is 0 Å². The van der Waals surface area contributed by atoms with E-state index in [-0.39, 0.29) is 12.4 Å². The second-order valence-corrected chi connectivity index (χ2v) is 9.21. The summed E-state index contributed by atoms with van der Waals surface area (Å²) in [5.41, 5.74) is 0. The van der Waals surface area contributed by atoms with Crippen LogP contribution in [0.2, 0.25) is 0 Å². The van der Waals surface area contributed by atoms with Crippen molar-refractivity contribution in [1.82, 2.24) is 0 Å². The average Bonchev–Trinajstić information content (AvgIpc) is 2.59. The molecule has 3 heteroatoms. The van der Waals surface area contributed by atoms with Crippen LogP contribution in [-0.4, -0.2) is 37.4 Å². The zero-order chi connectivity index (χ0) is 18.6. The third-order valence-corrected chi connectivity index (χ3v) is 5.85. The molecule has 0 radical (unpaired) electrons. The van der Waals surface area contributed by atoms with Gasteiger partial charge in [-0.05, 0) is 37.9 Å². The zero-order valence-corrected chi connectivity index (χ0v) is 20.1. The largest absolute Gasteiger partial charge is 1.00 e. The summed E-state index contributed by atoms with van der Waals surface area (Å²) in [6.07, 6.45) is 24.2. The minimum atomic E-state index is 0. The van der Waals surface area contributed by atoms with Gasteiger partial charge in [0.15, 0.2) is 0 Å². The highest BCUT2D eigenvalue weighted by atomic mass is 35.5. The molecule has 0 saturated carbocycles. The van der Waals surface area contributed by atoms with Crippen LogP contribution in [0.1, 0.15) is 116 Å². The molecule has 0 aliphatic heterocycles. The van der Waals surface area contributed by atoms with E-state index in [1.807, 2.05) is 0 Å². The molecule has 0 atom stereocenters. The Morgan fingerprint density at radius 1 is 0.500 bits per heavy atom. The maximum atomic E-state index is 4.27. The van der Waals surface area contributed by atoms with E-state index in [2.05, 4.69) is 33.6 Å². The highest BCUT2D eigenvalue weighted by Crippen LogP contribution is 2.13. The summed E-state index contributed by atoms with van der Waals surface area (Å²) >= 11 is 4.27. The number of quaternary nitrogens is 1. The van der Waals surface area contributed by atoms with Crippen molar-refractivity contribution < 1.29 is 16.9 Å². The van der Waals surface area contributed by atoms with E-state index in [1.54, 1.807) is 0 Å². The molecule has 0 amide bonds. The highest BCUT2D eigenvalue weighted by molar-refractivity contribution is 7.80. The first-order valence-electron chi connectivity index (χ1n) is 11.6. The molecule has 0 aliphatic carbocycles. The molecular formula is C23H50ClNS. The fraction of sp³-hybridized carbons (Fsp3) is 1.00. The van der Waals surface area contributed by atoms with Crippen LogP contribution >= 0.6 is 12.6 Å². The molecule has 0 aromatic heterocycles. The van der Waals surface area contributed by atoms with Gasteiger partial charge < -0.3 is 16.9 Å². The Morgan fingerprint density at radius 2 is 0.808 bits per heavy atom. The SMILES string of the molecule is CCCCCCCCCC[N+](C)(C)CCCCCCCCCCCS.[Cl-]. The summed E-state index contributed by atoms with van der Waals surface area (Å²) in [4.78, 5) is 0. The number of unbranched alkanes of at least 4 members (excludes halogenated alkanes) is 15. The molecule has 26 heavy (non-hydrogen) atoms. The summed E-state index contributed by atoms with van der Waals surface area (Å²) < 4.78 is 1.24. The van der Waals surface area contributed by atoms with Crippen molar-refractivity contribution in [2.75, 3.05) is 32.9 Å². The summed E-state index contributed by atoms with van der Waals surface area (Å²) in [5.74, 6) is 1.06. The number of hydrogen-bond donors (Lipinski definition) is 1. The predicted molar refractivity (Wildman–Crippen MR) is 120 cm³/mol. The van der Waals surface area contributed by atoms with Crippen LogP contribution in [0.5, 0.6) is 0 Å². The molecule has 0 aromatic rings. The molecular weight excluding hydrogens is 358 g/mol. The number of hydrogen-bond acceptors (Lipinski definition) is 1. The molecule has 0 aliphatic rings. The third-order valence-electron chi connectivity index (χ3n) is 5.54. The fourth-order valence-electron chi connectivity index (χ4n) is 3.67. The number of halogens is 1. The summed E-state index contributed by atoms with van der Waals surface area (Å²) in [7, 11) is 4.87. The lowest BCUT2D eigenvalue weighted by molar-refractivity contribution is -0.890. The van der Waals surface area contributed by atoms with Gasteiger partial charge in [-0.1, -0.05) is 84.0 Å². The van der Waals surface area contributed by atoms with E-state index in [4.69, 9.17) is 0 Å². The molecule has 0 rings (SSSR count). The van der Waals surface area contributed by atoms with Gasteiger partial charge in [0.1, 0.15) is 0 Å². The molecule has 0 saturated heterocycles. The molecule has 0 bridgehead atoms. The van der Waals surface area contributed by atoms with Gasteiger partial charge in [0.25, 0.3) is 0 Å². The molecule has 160 valence electrons. The van der Waals surface area contributed by atoms with E-state index < -0.39 is 0 Å². The van der Waals surface area contributed by atoms with Crippen LogP contribution in [-0.2, 0) is 0 Å². The smallest absolute Gasteiger partial charge is 0.0782 e. The van der Waals surface area contributed by atoms with Gasteiger partial charge in [0, 0.05) is 0 Å². The van der Waals surface area contributed by atoms with Crippen molar-refractivity contribution >= 4 is 12.6 Å². The maximum Gasteiger partial charge on any atom is 0.0782 e. The molecule has 0 spiro atoms. The molecule has 1 nitrogen and oxygen atoms in total. The summed E-state index contributed by atoms with van der Waals surface area (Å²) in [6, 6.07) is 0.